The molecule has 2 atom stereocenters. The highest BCUT2D eigenvalue weighted by Crippen LogP contribution is 2.25. The second kappa shape index (κ2) is 5.45. The smallest absolute Gasteiger partial charge is 0.270 e. The lowest BCUT2D eigenvalue weighted by Crippen LogP contribution is -2.51. The Morgan fingerprint density at radius 3 is 2.89 bits per heavy atom. The van der Waals surface area contributed by atoms with Crippen molar-refractivity contribution in [2.75, 3.05) is 13.1 Å². The Balaban J connectivity index is 2.24. The van der Waals surface area contributed by atoms with Crippen molar-refractivity contribution < 1.29 is 4.79 Å². The van der Waals surface area contributed by atoms with E-state index in [4.69, 9.17) is 5.73 Å². The number of aromatic nitrogens is 1. The van der Waals surface area contributed by atoms with Crippen LogP contribution >= 0.6 is 15.9 Å². The molecule has 18 heavy (non-hydrogen) atoms. The average Bonchev–Trinajstić information content (AvgIpc) is 2.67. The Morgan fingerprint density at radius 1 is 1.61 bits per heavy atom. The van der Waals surface area contributed by atoms with Crippen LogP contribution in [0.1, 0.15) is 30.3 Å². The van der Waals surface area contributed by atoms with E-state index in [1.807, 2.05) is 28.8 Å². The summed E-state index contributed by atoms with van der Waals surface area (Å²) in [6.45, 7) is 3.53. The molecule has 1 aliphatic heterocycles. The fraction of sp³-hybridized carbons (Fsp3) is 0.615. The number of likely N-dealkylation sites (tertiary alicyclic amines) is 1. The summed E-state index contributed by atoms with van der Waals surface area (Å²) >= 11 is 3.40. The van der Waals surface area contributed by atoms with E-state index in [1.54, 1.807) is 0 Å². The van der Waals surface area contributed by atoms with Gasteiger partial charge in [0.25, 0.3) is 5.91 Å². The number of carbonyl (C=O) groups is 1. The number of nitrogens with two attached hydrogens (primary N) is 1. The van der Waals surface area contributed by atoms with E-state index in [1.165, 1.54) is 0 Å². The van der Waals surface area contributed by atoms with Gasteiger partial charge >= 0.3 is 0 Å². The zero-order valence-corrected chi connectivity index (χ0v) is 12.5. The molecule has 1 amide bonds. The number of nitrogens with zero attached hydrogens (tertiary/aromatic N) is 2. The monoisotopic (exact) mass is 313 g/mol. The van der Waals surface area contributed by atoms with Crippen molar-refractivity contribution in [3.8, 4) is 0 Å². The first-order valence-electron chi connectivity index (χ1n) is 6.37. The molecule has 0 bridgehead atoms. The lowest BCUT2D eigenvalue weighted by atomic mass is 9.90. The van der Waals surface area contributed by atoms with E-state index in [0.717, 1.165) is 29.6 Å². The topological polar surface area (TPSA) is 51.3 Å². The summed E-state index contributed by atoms with van der Waals surface area (Å²) in [5, 5.41) is 0. The van der Waals surface area contributed by atoms with Crippen LogP contribution in [0.5, 0.6) is 0 Å². The Morgan fingerprint density at radius 2 is 2.33 bits per heavy atom. The summed E-state index contributed by atoms with van der Waals surface area (Å²) < 4.78 is 2.79. The molecule has 2 N–H and O–H groups in total. The van der Waals surface area contributed by atoms with Crippen molar-refractivity contribution in [2.24, 2.45) is 18.7 Å². The highest BCUT2D eigenvalue weighted by molar-refractivity contribution is 9.10. The van der Waals surface area contributed by atoms with E-state index in [2.05, 4.69) is 22.9 Å². The van der Waals surface area contributed by atoms with E-state index >= 15 is 0 Å². The highest BCUT2D eigenvalue weighted by atomic mass is 79.9. The third kappa shape index (κ3) is 2.47. The zero-order chi connectivity index (χ0) is 13.3. The first-order valence-corrected chi connectivity index (χ1v) is 7.16. The molecule has 2 unspecified atom stereocenters. The number of hydrogen-bond donors (Lipinski definition) is 1. The maximum atomic E-state index is 12.6. The molecule has 0 aromatic carbocycles. The fourth-order valence-corrected chi connectivity index (χ4v) is 3.27. The Kier molecular flexibility index (Phi) is 4.12. The van der Waals surface area contributed by atoms with Gasteiger partial charge in [-0.25, -0.2) is 0 Å². The first kappa shape index (κ1) is 13.6. The second-order valence-electron chi connectivity index (χ2n) is 5.08. The third-order valence-corrected chi connectivity index (χ3v) is 4.24. The van der Waals surface area contributed by atoms with Gasteiger partial charge in [-0.3, -0.25) is 4.79 Å². The first-order chi connectivity index (χ1) is 8.54. The Labute approximate surface area is 116 Å². The molecule has 0 saturated carbocycles. The molecule has 1 fully saturated rings. The van der Waals surface area contributed by atoms with Crippen LogP contribution in [0.4, 0.5) is 0 Å². The molecule has 4 nitrogen and oxygen atoms in total. The lowest BCUT2D eigenvalue weighted by Gasteiger charge is -2.39. The molecule has 1 aromatic rings. The van der Waals surface area contributed by atoms with Gasteiger partial charge in [0.2, 0.25) is 0 Å². The summed E-state index contributed by atoms with van der Waals surface area (Å²) in [5.74, 6) is 0.571. The third-order valence-electron chi connectivity index (χ3n) is 3.81. The van der Waals surface area contributed by atoms with Gasteiger partial charge in [-0.05, 0) is 40.8 Å². The van der Waals surface area contributed by atoms with Crippen molar-refractivity contribution in [3.05, 3.63) is 22.4 Å². The van der Waals surface area contributed by atoms with Crippen molar-refractivity contribution in [1.29, 1.82) is 0 Å². The summed E-state index contributed by atoms with van der Waals surface area (Å²) in [4.78, 5) is 14.5. The molecule has 0 spiro atoms. The van der Waals surface area contributed by atoms with Gasteiger partial charge in [0.05, 0.1) is 0 Å². The van der Waals surface area contributed by atoms with Crippen LogP contribution in [0.3, 0.4) is 0 Å². The number of hydrogen-bond acceptors (Lipinski definition) is 2. The minimum Gasteiger partial charge on any atom is -0.345 e. The van der Waals surface area contributed by atoms with Gasteiger partial charge in [-0.15, -0.1) is 0 Å². The molecule has 1 aromatic heterocycles. The molecule has 1 aliphatic rings. The molecule has 2 rings (SSSR count). The van der Waals surface area contributed by atoms with Gasteiger partial charge in [-0.2, -0.15) is 0 Å². The highest BCUT2D eigenvalue weighted by Gasteiger charge is 2.32. The van der Waals surface area contributed by atoms with E-state index in [-0.39, 0.29) is 11.9 Å². The number of rotatable bonds is 2. The summed E-state index contributed by atoms with van der Waals surface area (Å²) in [7, 11) is 1.89. The van der Waals surface area contributed by atoms with Crippen LogP contribution in [-0.2, 0) is 7.05 Å². The van der Waals surface area contributed by atoms with Crippen LogP contribution in [0.25, 0.3) is 0 Å². The van der Waals surface area contributed by atoms with E-state index in [0.29, 0.717) is 12.5 Å². The number of amides is 1. The predicted molar refractivity (Wildman–Crippen MR) is 75.4 cm³/mol. The fourth-order valence-electron chi connectivity index (χ4n) is 2.74. The van der Waals surface area contributed by atoms with Gasteiger partial charge in [0, 0.05) is 36.8 Å². The predicted octanol–water partition coefficient (Wildman–Crippen LogP) is 1.99. The maximum absolute atomic E-state index is 12.6. The molecule has 1 saturated heterocycles. The number of halogens is 1. The Hall–Kier alpha value is -0.810. The minimum absolute atomic E-state index is 0.0881. The van der Waals surface area contributed by atoms with Crippen LogP contribution in [0, 0.1) is 5.92 Å². The maximum Gasteiger partial charge on any atom is 0.270 e. The number of piperidine rings is 1. The molecular weight excluding hydrogens is 294 g/mol. The molecular formula is C13H20BrN3O. The van der Waals surface area contributed by atoms with Crippen LogP contribution < -0.4 is 5.73 Å². The van der Waals surface area contributed by atoms with Crippen LogP contribution in [0.15, 0.2) is 16.7 Å². The largest absolute Gasteiger partial charge is 0.345 e. The second-order valence-corrected chi connectivity index (χ2v) is 5.99. The van der Waals surface area contributed by atoms with Crippen molar-refractivity contribution >= 4 is 21.8 Å². The molecule has 2 heterocycles. The summed E-state index contributed by atoms with van der Waals surface area (Å²) in [6.07, 6.45) is 4.12. The molecule has 5 heteroatoms. The minimum atomic E-state index is 0.0881. The standard InChI is InChI=1S/C13H20BrN3O/c1-9-4-3-5-17(12(9)7-15)13(18)11-6-10(14)8-16(11)2/h6,8-9,12H,3-5,7,15H2,1-2H3. The van der Waals surface area contributed by atoms with Gasteiger partial charge in [0.15, 0.2) is 0 Å². The van der Waals surface area contributed by atoms with Crippen LogP contribution in [0.2, 0.25) is 0 Å². The SMILES string of the molecule is CC1CCCN(C(=O)c2cc(Br)cn2C)C1CN. The van der Waals surface area contributed by atoms with Crippen LogP contribution in [-0.4, -0.2) is 34.5 Å². The lowest BCUT2D eigenvalue weighted by molar-refractivity contribution is 0.0523. The van der Waals surface area contributed by atoms with Crippen molar-refractivity contribution in [3.63, 3.8) is 0 Å². The molecule has 0 radical (unpaired) electrons. The number of carbonyl (C=O) groups excluding carboxylic acids is 1. The average molecular weight is 314 g/mol. The summed E-state index contributed by atoms with van der Waals surface area (Å²) in [6, 6.07) is 2.04. The zero-order valence-electron chi connectivity index (χ0n) is 10.9. The molecule has 0 aliphatic carbocycles. The van der Waals surface area contributed by atoms with Gasteiger partial charge < -0.3 is 15.2 Å². The van der Waals surface area contributed by atoms with Crippen molar-refractivity contribution in [1.82, 2.24) is 9.47 Å². The number of aryl methyl sites for hydroxylation is 1. The summed E-state index contributed by atoms with van der Waals surface area (Å²) in [5.41, 5.74) is 6.55. The molecule has 100 valence electrons. The normalized spacial score (nSPS) is 24.3. The van der Waals surface area contributed by atoms with E-state index < -0.39 is 0 Å². The van der Waals surface area contributed by atoms with Gasteiger partial charge in [0.1, 0.15) is 5.69 Å². The van der Waals surface area contributed by atoms with Gasteiger partial charge in [-0.1, -0.05) is 6.92 Å². The quantitative estimate of drug-likeness (QED) is 0.907. The van der Waals surface area contributed by atoms with Crippen molar-refractivity contribution in [2.45, 2.75) is 25.8 Å². The Bertz CT molecular complexity index is 443. The van der Waals surface area contributed by atoms with E-state index in [9.17, 15) is 4.79 Å².